The molecule has 0 saturated carbocycles. The molecule has 0 radical (unpaired) electrons. The topological polar surface area (TPSA) is 76.9 Å². The Morgan fingerprint density at radius 1 is 1.10 bits per heavy atom. The monoisotopic (exact) mass is 472 g/mol. The Labute approximate surface area is 183 Å². The summed E-state index contributed by atoms with van der Waals surface area (Å²) < 4.78 is 63.5. The molecule has 0 atom stereocenters. The quantitative estimate of drug-likeness (QED) is 0.554. The molecule has 0 unspecified atom stereocenters. The number of rotatable bonds is 4. The van der Waals surface area contributed by atoms with Gasteiger partial charge in [-0.3, -0.25) is 9.71 Å². The van der Waals surface area contributed by atoms with Crippen LogP contribution in [0.15, 0.2) is 42.7 Å². The lowest BCUT2D eigenvalue weighted by Crippen LogP contribution is -2.29. The van der Waals surface area contributed by atoms with Crippen molar-refractivity contribution < 1.29 is 21.6 Å². The summed E-state index contributed by atoms with van der Waals surface area (Å²) in [6.45, 7) is 6.16. The first-order chi connectivity index (χ1) is 14.2. The molecular weight excluding hydrogens is 453 g/mol. The van der Waals surface area contributed by atoms with Crippen LogP contribution < -0.4 is 4.72 Å². The van der Waals surface area contributed by atoms with E-state index in [1.807, 2.05) is 12.1 Å². The maximum atomic E-state index is 12.6. The number of benzene rings is 1. The van der Waals surface area contributed by atoms with Crippen LogP contribution in [0.5, 0.6) is 0 Å². The van der Waals surface area contributed by atoms with Crippen LogP contribution in [-0.4, -0.2) is 28.5 Å². The van der Waals surface area contributed by atoms with E-state index >= 15 is 0 Å². The highest BCUT2D eigenvalue weighted by molar-refractivity contribution is 7.93. The number of pyridine rings is 1. The van der Waals surface area contributed by atoms with E-state index in [0.717, 1.165) is 17.3 Å². The van der Waals surface area contributed by atoms with E-state index < -0.39 is 15.5 Å². The number of hydrogen-bond acceptors (Lipinski definition) is 4. The van der Waals surface area contributed by atoms with Gasteiger partial charge in [0.1, 0.15) is 5.82 Å². The van der Waals surface area contributed by atoms with Crippen molar-refractivity contribution in [1.82, 2.24) is 14.5 Å². The predicted molar refractivity (Wildman–Crippen MR) is 114 cm³/mol. The number of hydrogen-bond donors (Lipinski definition) is 1. The highest BCUT2D eigenvalue weighted by Gasteiger charge is 2.46. The van der Waals surface area contributed by atoms with Gasteiger partial charge in [-0.2, -0.15) is 21.6 Å². The third kappa shape index (κ3) is 4.85. The second kappa shape index (κ2) is 7.83. The van der Waals surface area contributed by atoms with Gasteiger partial charge in [0.25, 0.3) is 0 Å². The molecule has 1 N–H and O–H groups in total. The molecule has 3 aromatic rings. The van der Waals surface area contributed by atoms with Crippen molar-refractivity contribution in [3.8, 4) is 22.6 Å². The maximum absolute atomic E-state index is 12.6. The van der Waals surface area contributed by atoms with Crippen molar-refractivity contribution in [2.24, 2.45) is 7.05 Å². The molecule has 1 aromatic carbocycles. The molecule has 6 nitrogen and oxygen atoms in total. The van der Waals surface area contributed by atoms with E-state index in [-0.39, 0.29) is 16.1 Å². The standard InChI is InChI=1S/C20H20ClF3N4O2S/c1-19(2,3)17-9-12(7-8-25-17)16-11-28(4)18(26-16)14-6-5-13(10-15(14)21)27-31(29,30)20(22,23)24/h5-11,27H,1-4H3. The van der Waals surface area contributed by atoms with Crippen LogP contribution in [0.25, 0.3) is 22.6 Å². The Bertz CT molecular complexity index is 1230. The summed E-state index contributed by atoms with van der Waals surface area (Å²) in [6.07, 6.45) is 3.51. The van der Waals surface area contributed by atoms with Crippen molar-refractivity contribution in [1.29, 1.82) is 0 Å². The maximum Gasteiger partial charge on any atom is 0.516 e. The van der Waals surface area contributed by atoms with Gasteiger partial charge in [-0.1, -0.05) is 32.4 Å². The van der Waals surface area contributed by atoms with Gasteiger partial charge in [-0.05, 0) is 30.3 Å². The van der Waals surface area contributed by atoms with Gasteiger partial charge in [0, 0.05) is 41.7 Å². The summed E-state index contributed by atoms with van der Waals surface area (Å²) in [7, 11) is -3.78. The van der Waals surface area contributed by atoms with Gasteiger partial charge in [-0.15, -0.1) is 0 Å². The fourth-order valence-electron chi connectivity index (χ4n) is 2.83. The predicted octanol–water partition coefficient (Wildman–Crippen LogP) is 5.36. The van der Waals surface area contributed by atoms with Crippen LogP contribution in [0.4, 0.5) is 18.9 Å². The lowest BCUT2D eigenvalue weighted by atomic mass is 9.90. The number of alkyl halides is 3. The molecule has 0 spiro atoms. The van der Waals surface area contributed by atoms with Crippen LogP contribution >= 0.6 is 11.6 Å². The van der Waals surface area contributed by atoms with Gasteiger partial charge in [-0.25, -0.2) is 4.98 Å². The zero-order valence-electron chi connectivity index (χ0n) is 17.1. The summed E-state index contributed by atoms with van der Waals surface area (Å²) in [5.41, 5.74) is -3.01. The fourth-order valence-corrected chi connectivity index (χ4v) is 3.65. The molecule has 11 heteroatoms. The van der Waals surface area contributed by atoms with E-state index in [1.165, 1.54) is 16.9 Å². The van der Waals surface area contributed by atoms with E-state index in [9.17, 15) is 21.6 Å². The van der Waals surface area contributed by atoms with Gasteiger partial charge in [0.2, 0.25) is 0 Å². The second-order valence-electron chi connectivity index (χ2n) is 7.99. The number of nitrogens with one attached hydrogen (secondary N) is 1. The third-order valence-corrected chi connectivity index (χ3v) is 5.89. The van der Waals surface area contributed by atoms with Crippen LogP contribution in [0.2, 0.25) is 5.02 Å². The molecule has 2 heterocycles. The number of imidazole rings is 1. The largest absolute Gasteiger partial charge is 0.516 e. The highest BCUT2D eigenvalue weighted by Crippen LogP contribution is 2.33. The summed E-state index contributed by atoms with van der Waals surface area (Å²) in [5, 5.41) is 0.0488. The Hall–Kier alpha value is -2.59. The van der Waals surface area contributed by atoms with Crippen LogP contribution in [0.3, 0.4) is 0 Å². The zero-order valence-corrected chi connectivity index (χ0v) is 18.7. The highest BCUT2D eigenvalue weighted by atomic mass is 35.5. The Morgan fingerprint density at radius 3 is 2.35 bits per heavy atom. The van der Waals surface area contributed by atoms with Crippen molar-refractivity contribution in [2.45, 2.75) is 31.7 Å². The lowest BCUT2D eigenvalue weighted by molar-refractivity contribution is -0.0429. The average molecular weight is 473 g/mol. The van der Waals surface area contributed by atoms with Crippen molar-refractivity contribution in [3.05, 3.63) is 53.4 Å². The molecule has 0 saturated heterocycles. The average Bonchev–Trinajstić information content (AvgIpc) is 3.01. The van der Waals surface area contributed by atoms with Gasteiger partial charge >= 0.3 is 15.5 Å². The third-order valence-electron chi connectivity index (χ3n) is 4.47. The summed E-state index contributed by atoms with van der Waals surface area (Å²) >= 11 is 6.24. The number of aromatic nitrogens is 3. The molecule has 31 heavy (non-hydrogen) atoms. The summed E-state index contributed by atoms with van der Waals surface area (Å²) in [6, 6.07) is 7.50. The molecular formula is C20H20ClF3N4O2S. The van der Waals surface area contributed by atoms with E-state index in [1.54, 1.807) is 24.0 Å². The zero-order chi connectivity index (χ0) is 23.2. The van der Waals surface area contributed by atoms with E-state index in [2.05, 4.69) is 30.7 Å². The minimum absolute atomic E-state index is 0.0488. The minimum Gasteiger partial charge on any atom is -0.333 e. The Balaban J connectivity index is 1.96. The summed E-state index contributed by atoms with van der Waals surface area (Å²) in [4.78, 5) is 9.01. The van der Waals surface area contributed by atoms with Gasteiger partial charge in [0.15, 0.2) is 0 Å². The molecule has 0 fully saturated rings. The lowest BCUT2D eigenvalue weighted by Gasteiger charge is -2.17. The smallest absolute Gasteiger partial charge is 0.333 e. The van der Waals surface area contributed by atoms with Crippen molar-refractivity contribution in [2.75, 3.05) is 4.72 Å². The minimum atomic E-state index is -5.54. The van der Waals surface area contributed by atoms with Crippen LogP contribution in [-0.2, 0) is 22.5 Å². The van der Waals surface area contributed by atoms with Gasteiger partial charge in [0.05, 0.1) is 16.4 Å². The molecule has 166 valence electrons. The van der Waals surface area contributed by atoms with Crippen LogP contribution in [0.1, 0.15) is 26.5 Å². The van der Waals surface area contributed by atoms with Crippen LogP contribution in [0, 0.1) is 0 Å². The first-order valence-corrected chi connectivity index (χ1v) is 10.9. The van der Waals surface area contributed by atoms with Crippen molar-refractivity contribution in [3.63, 3.8) is 0 Å². The summed E-state index contributed by atoms with van der Waals surface area (Å²) in [5.74, 6) is 0.472. The number of halogens is 4. The second-order valence-corrected chi connectivity index (χ2v) is 10.1. The fraction of sp³-hybridized carbons (Fsp3) is 0.300. The number of anilines is 1. The SMILES string of the molecule is Cn1cc(-c2ccnc(C(C)(C)C)c2)nc1-c1ccc(NS(=O)(=O)C(F)(F)F)cc1Cl. The molecule has 3 rings (SSSR count). The molecule has 0 aliphatic rings. The molecule has 0 amide bonds. The first-order valence-electron chi connectivity index (χ1n) is 9.08. The normalized spacial score (nSPS) is 12.8. The number of sulfonamides is 1. The molecule has 0 bridgehead atoms. The van der Waals surface area contributed by atoms with E-state index in [0.29, 0.717) is 17.1 Å². The molecule has 2 aromatic heterocycles. The van der Waals surface area contributed by atoms with E-state index in [4.69, 9.17) is 11.6 Å². The Kier molecular flexibility index (Phi) is 5.83. The number of aryl methyl sites for hydroxylation is 1. The van der Waals surface area contributed by atoms with Crippen molar-refractivity contribution >= 4 is 27.3 Å². The number of nitrogens with zero attached hydrogens (tertiary/aromatic N) is 3. The van der Waals surface area contributed by atoms with Gasteiger partial charge < -0.3 is 4.57 Å². The Morgan fingerprint density at radius 2 is 1.77 bits per heavy atom. The molecule has 0 aliphatic heterocycles. The first kappa shape index (κ1) is 23.1. The molecule has 0 aliphatic carbocycles.